The predicted octanol–water partition coefficient (Wildman–Crippen LogP) is 5.11. The zero-order chi connectivity index (χ0) is 33.1. The van der Waals surface area contributed by atoms with Gasteiger partial charge in [-0.25, -0.2) is 9.18 Å². The molecule has 0 fully saturated rings. The third kappa shape index (κ3) is 10.2. The van der Waals surface area contributed by atoms with Gasteiger partial charge in [-0.15, -0.1) is 5.10 Å². The maximum absolute atomic E-state index is 14.9. The van der Waals surface area contributed by atoms with Crippen molar-refractivity contribution in [2.45, 2.75) is 18.9 Å². The van der Waals surface area contributed by atoms with Crippen LogP contribution < -0.4 is 10.6 Å². The van der Waals surface area contributed by atoms with Gasteiger partial charge in [0.25, 0.3) is 0 Å². The number of rotatable bonds is 14. The molecule has 0 aliphatic heterocycles. The highest BCUT2D eigenvalue weighted by Gasteiger charge is 2.22. The minimum absolute atomic E-state index is 0.0132. The Bertz CT molecular complexity index is 1760. The molecule has 0 spiro atoms. The Hall–Kier alpha value is -4.71. The smallest absolute Gasteiger partial charge is 0.411 e. The normalized spacial score (nSPS) is 13.1. The van der Waals surface area contributed by atoms with Gasteiger partial charge in [-0.1, -0.05) is 48.0 Å². The fourth-order valence-electron chi connectivity index (χ4n) is 4.26. The third-order valence-electron chi connectivity index (χ3n) is 6.75. The van der Waals surface area contributed by atoms with E-state index in [1.165, 1.54) is 49.1 Å². The van der Waals surface area contributed by atoms with Crippen molar-refractivity contribution in [2.24, 2.45) is 0 Å². The van der Waals surface area contributed by atoms with Crippen molar-refractivity contribution in [1.82, 2.24) is 25.5 Å². The maximum Gasteiger partial charge on any atom is 0.411 e. The highest BCUT2D eigenvalue weighted by Crippen LogP contribution is 2.40. The number of carbonyl (C=O) groups is 3. The lowest BCUT2D eigenvalue weighted by Crippen LogP contribution is -2.42. The Kier molecular flexibility index (Phi) is 11.9. The Morgan fingerprint density at radius 2 is 1.87 bits per heavy atom. The summed E-state index contributed by atoms with van der Waals surface area (Å²) in [6, 6.07) is 17.1. The van der Waals surface area contributed by atoms with Crippen LogP contribution in [0.25, 0.3) is 11.8 Å². The lowest BCUT2D eigenvalue weighted by Gasteiger charge is -2.18. The number of tetrazole rings is 1. The lowest BCUT2D eigenvalue weighted by atomic mass is 9.97. The predicted molar refractivity (Wildman–Crippen MR) is 171 cm³/mol. The van der Waals surface area contributed by atoms with Crippen LogP contribution in [0.3, 0.4) is 0 Å². The molecule has 1 heterocycles. The topological polar surface area (TPSA) is 154 Å². The van der Waals surface area contributed by atoms with Gasteiger partial charge >= 0.3 is 6.09 Å². The van der Waals surface area contributed by atoms with Crippen LogP contribution in [0, 0.1) is 5.82 Å². The van der Waals surface area contributed by atoms with E-state index in [9.17, 15) is 23.3 Å². The summed E-state index contributed by atoms with van der Waals surface area (Å²) < 4.78 is 38.0. The summed E-state index contributed by atoms with van der Waals surface area (Å²) in [5.74, 6) is -1.68. The SMILES string of the molecule is COP(C)(=O)CCOC(=O)Nc1ccc(CC(=O)[C@H](Cc2ccccc2)NC(=O)/C=C/c2cc(Cl)ccc2-n2cnnn2)cc1F. The monoisotopic (exact) mass is 668 g/mol. The first-order chi connectivity index (χ1) is 22.0. The Morgan fingerprint density at radius 1 is 1.09 bits per heavy atom. The second-order valence-corrected chi connectivity index (χ2v) is 13.5. The van der Waals surface area contributed by atoms with E-state index in [1.807, 2.05) is 30.3 Å². The Labute approximate surface area is 269 Å². The molecule has 0 aliphatic carbocycles. The second kappa shape index (κ2) is 16.0. The van der Waals surface area contributed by atoms with Crippen molar-refractivity contribution in [3.05, 3.63) is 107 Å². The molecule has 3 aromatic carbocycles. The molecule has 15 heteroatoms. The zero-order valence-electron chi connectivity index (χ0n) is 24.9. The number of benzene rings is 3. The molecule has 12 nitrogen and oxygen atoms in total. The van der Waals surface area contributed by atoms with Crippen molar-refractivity contribution in [3.63, 3.8) is 0 Å². The summed E-state index contributed by atoms with van der Waals surface area (Å²) in [5, 5.41) is 16.6. The van der Waals surface area contributed by atoms with E-state index < -0.39 is 31.2 Å². The molecule has 4 aromatic rings. The number of hydrogen-bond acceptors (Lipinski definition) is 9. The van der Waals surface area contributed by atoms with Crippen molar-refractivity contribution in [1.29, 1.82) is 0 Å². The summed E-state index contributed by atoms with van der Waals surface area (Å²) in [6.07, 6.45) is 3.31. The first-order valence-electron chi connectivity index (χ1n) is 14.0. The molecule has 2 atom stereocenters. The van der Waals surface area contributed by atoms with Gasteiger partial charge in [-0.3, -0.25) is 19.5 Å². The first kappa shape index (κ1) is 34.2. The van der Waals surface area contributed by atoms with Crippen LogP contribution in [0.15, 0.2) is 79.1 Å². The van der Waals surface area contributed by atoms with Crippen molar-refractivity contribution in [3.8, 4) is 5.69 Å². The number of nitrogens with zero attached hydrogens (tertiary/aromatic N) is 4. The minimum atomic E-state index is -2.87. The maximum atomic E-state index is 14.9. The standard InChI is InChI=1S/C31H31ClFN6O6P/c1-44-46(2,43)15-14-45-31(42)36-26-11-8-22(16-25(26)33)18-29(40)27(17-21-6-4-3-5-7-21)35-30(41)13-9-23-19-24(32)10-12-28(23)39-20-34-37-38-39/h3-13,16,19-20,27H,14-15,17-18H2,1-2H3,(H,35,41)(H,36,42)/b13-9+/t27-,46?/m0/s1. The largest absolute Gasteiger partial charge is 0.449 e. The van der Waals surface area contributed by atoms with Gasteiger partial charge in [0.2, 0.25) is 13.3 Å². The van der Waals surface area contributed by atoms with Crippen LogP contribution >= 0.6 is 19.0 Å². The number of aromatic nitrogens is 4. The number of Topliss-reactive ketones (excluding diaryl/α,β-unsaturated/α-hetero) is 1. The number of anilines is 1. The Balaban J connectivity index is 1.43. The van der Waals surface area contributed by atoms with Gasteiger partial charge in [0, 0.05) is 36.9 Å². The number of ether oxygens (including phenoxy) is 1. The fraction of sp³-hybridized carbons (Fsp3) is 0.226. The molecule has 0 radical (unpaired) electrons. The average molecular weight is 669 g/mol. The van der Waals surface area contributed by atoms with Crippen molar-refractivity contribution in [2.75, 3.05) is 31.9 Å². The molecule has 0 bridgehead atoms. The molecule has 1 unspecified atom stereocenters. The molecular formula is C31H31ClFN6O6P. The molecule has 0 saturated carbocycles. The molecule has 46 heavy (non-hydrogen) atoms. The average Bonchev–Trinajstić information content (AvgIpc) is 3.56. The molecular weight excluding hydrogens is 638 g/mol. The lowest BCUT2D eigenvalue weighted by molar-refractivity contribution is -0.125. The number of carbonyl (C=O) groups excluding carboxylic acids is 3. The van der Waals surface area contributed by atoms with Crippen LogP contribution in [0.4, 0.5) is 14.9 Å². The first-order valence-corrected chi connectivity index (χ1v) is 16.6. The number of ketones is 1. The van der Waals surface area contributed by atoms with E-state index >= 15 is 0 Å². The highest BCUT2D eigenvalue weighted by molar-refractivity contribution is 7.58. The molecule has 1 aromatic heterocycles. The molecule has 2 amide bonds. The number of hydrogen-bond donors (Lipinski definition) is 2. The van der Waals surface area contributed by atoms with Crippen LogP contribution in [-0.4, -0.2) is 70.6 Å². The van der Waals surface area contributed by atoms with Gasteiger partial charge in [0.15, 0.2) is 5.78 Å². The van der Waals surface area contributed by atoms with E-state index in [0.29, 0.717) is 21.8 Å². The van der Waals surface area contributed by atoms with Crippen molar-refractivity contribution >= 4 is 48.5 Å². The van der Waals surface area contributed by atoms with Crippen LogP contribution in [0.1, 0.15) is 16.7 Å². The van der Waals surface area contributed by atoms with Gasteiger partial charge < -0.3 is 14.6 Å². The van der Waals surface area contributed by atoms with E-state index in [1.54, 1.807) is 18.2 Å². The minimum Gasteiger partial charge on any atom is -0.449 e. The van der Waals surface area contributed by atoms with Crippen LogP contribution in [-0.2, 0) is 36.3 Å². The Morgan fingerprint density at radius 3 is 2.57 bits per heavy atom. The summed E-state index contributed by atoms with van der Waals surface area (Å²) in [6.45, 7) is 1.24. The van der Waals surface area contributed by atoms with Gasteiger partial charge in [-0.2, -0.15) is 4.68 Å². The van der Waals surface area contributed by atoms with E-state index in [-0.39, 0.29) is 37.1 Å². The fourth-order valence-corrected chi connectivity index (χ4v) is 5.04. The van der Waals surface area contributed by atoms with E-state index in [4.69, 9.17) is 20.9 Å². The summed E-state index contributed by atoms with van der Waals surface area (Å²) in [7, 11) is -1.57. The van der Waals surface area contributed by atoms with Crippen molar-refractivity contribution < 1.29 is 32.6 Å². The third-order valence-corrected chi connectivity index (χ3v) is 8.76. The summed E-state index contributed by atoms with van der Waals surface area (Å²) >= 11 is 6.17. The number of nitrogens with one attached hydrogen (secondary N) is 2. The molecule has 240 valence electrons. The second-order valence-electron chi connectivity index (χ2n) is 10.2. The summed E-state index contributed by atoms with van der Waals surface area (Å²) in [5.41, 5.74) is 2.14. The summed E-state index contributed by atoms with van der Waals surface area (Å²) in [4.78, 5) is 38.6. The molecule has 0 aliphatic rings. The number of halogens is 2. The van der Waals surface area contributed by atoms with Gasteiger partial charge in [-0.05, 0) is 64.4 Å². The van der Waals surface area contributed by atoms with Gasteiger partial charge in [0.1, 0.15) is 18.8 Å². The quantitative estimate of drug-likeness (QED) is 0.138. The number of amides is 2. The highest BCUT2D eigenvalue weighted by atomic mass is 35.5. The van der Waals surface area contributed by atoms with E-state index in [2.05, 4.69) is 26.2 Å². The molecule has 4 rings (SSSR count). The molecule has 2 N–H and O–H groups in total. The van der Waals surface area contributed by atoms with Crippen LogP contribution in [0.2, 0.25) is 5.02 Å². The zero-order valence-corrected chi connectivity index (χ0v) is 26.6. The van der Waals surface area contributed by atoms with Gasteiger partial charge in [0.05, 0.1) is 23.6 Å². The van der Waals surface area contributed by atoms with E-state index in [0.717, 1.165) is 11.6 Å². The molecule has 0 saturated heterocycles. The van der Waals surface area contributed by atoms with Crippen LogP contribution in [0.5, 0.6) is 0 Å².